The number of carboxylic acids is 1. The van der Waals surface area contributed by atoms with E-state index >= 15 is 0 Å². The molecule has 5 nitrogen and oxygen atoms in total. The highest BCUT2D eigenvalue weighted by molar-refractivity contribution is 7.98. The highest BCUT2D eigenvalue weighted by atomic mass is 32.2. The van der Waals surface area contributed by atoms with Crippen LogP contribution >= 0.6 is 11.8 Å². The highest BCUT2D eigenvalue weighted by Crippen LogP contribution is 2.20. The Hall–Kier alpha value is -2.34. The quantitative estimate of drug-likeness (QED) is 0.849. The lowest BCUT2D eigenvalue weighted by Gasteiger charge is -2.09. The number of amides is 1. The Labute approximate surface area is 126 Å². The van der Waals surface area contributed by atoms with Crippen LogP contribution in [0.2, 0.25) is 0 Å². The van der Waals surface area contributed by atoms with Crippen LogP contribution < -0.4 is 5.32 Å². The number of nitrogens with zero attached hydrogens (tertiary/aromatic N) is 1. The van der Waals surface area contributed by atoms with Gasteiger partial charge in [-0.05, 0) is 43.0 Å². The van der Waals surface area contributed by atoms with Crippen molar-refractivity contribution in [1.82, 2.24) is 4.98 Å². The molecule has 1 heterocycles. The largest absolute Gasteiger partial charge is 0.478 e. The van der Waals surface area contributed by atoms with Crippen LogP contribution in [-0.4, -0.2) is 28.2 Å². The smallest absolute Gasteiger partial charge is 0.336 e. The topological polar surface area (TPSA) is 79.3 Å². The van der Waals surface area contributed by atoms with E-state index in [1.807, 2.05) is 6.26 Å². The first-order valence-corrected chi connectivity index (χ1v) is 7.39. The number of carbonyl (C=O) groups excluding carboxylic acids is 1. The summed E-state index contributed by atoms with van der Waals surface area (Å²) in [6.07, 6.45) is 3.46. The number of benzene rings is 1. The summed E-state index contributed by atoms with van der Waals surface area (Å²) in [6, 6.07) is 8.16. The average Bonchev–Trinajstić information content (AvgIpc) is 2.48. The van der Waals surface area contributed by atoms with Gasteiger partial charge in [-0.3, -0.25) is 4.79 Å². The molecule has 0 spiro atoms. The van der Waals surface area contributed by atoms with Gasteiger partial charge in [0, 0.05) is 11.9 Å². The van der Waals surface area contributed by atoms with Crippen molar-refractivity contribution in [2.45, 2.75) is 11.9 Å². The molecule has 0 saturated heterocycles. The summed E-state index contributed by atoms with van der Waals surface area (Å²) in [6.45, 7) is 1.71. The van der Waals surface area contributed by atoms with Crippen molar-refractivity contribution >= 4 is 29.3 Å². The molecular weight excluding hydrogens is 288 g/mol. The van der Waals surface area contributed by atoms with Crippen LogP contribution in [-0.2, 0) is 0 Å². The number of thioether (sulfide) groups is 1. The van der Waals surface area contributed by atoms with Crippen molar-refractivity contribution in [2.75, 3.05) is 11.6 Å². The molecule has 0 fully saturated rings. The van der Waals surface area contributed by atoms with Crippen LogP contribution in [0.5, 0.6) is 0 Å². The monoisotopic (exact) mass is 302 g/mol. The van der Waals surface area contributed by atoms with Crippen LogP contribution in [0.25, 0.3) is 0 Å². The molecule has 0 unspecified atom stereocenters. The first-order chi connectivity index (χ1) is 10.0. The fourth-order valence-electron chi connectivity index (χ4n) is 1.85. The lowest BCUT2D eigenvalue weighted by molar-refractivity contribution is 0.0695. The molecule has 0 aliphatic heterocycles. The molecule has 108 valence electrons. The predicted octanol–water partition coefficient (Wildman–Crippen LogP) is 3.06. The summed E-state index contributed by atoms with van der Waals surface area (Å²) in [5.41, 5.74) is 1.72. The first kappa shape index (κ1) is 15.1. The Bertz CT molecular complexity index is 701. The minimum Gasteiger partial charge on any atom is -0.478 e. The Morgan fingerprint density at radius 2 is 2.00 bits per heavy atom. The van der Waals surface area contributed by atoms with Gasteiger partial charge in [-0.15, -0.1) is 11.8 Å². The van der Waals surface area contributed by atoms with E-state index in [0.29, 0.717) is 21.8 Å². The lowest BCUT2D eigenvalue weighted by Crippen LogP contribution is -2.14. The Balaban J connectivity index is 2.28. The number of rotatable bonds is 4. The van der Waals surface area contributed by atoms with Crippen LogP contribution in [0.15, 0.2) is 41.6 Å². The van der Waals surface area contributed by atoms with Crippen molar-refractivity contribution < 1.29 is 14.7 Å². The van der Waals surface area contributed by atoms with Gasteiger partial charge < -0.3 is 10.4 Å². The second-order valence-electron chi connectivity index (χ2n) is 4.35. The van der Waals surface area contributed by atoms with Gasteiger partial charge in [-0.1, -0.05) is 6.07 Å². The van der Waals surface area contributed by atoms with Crippen molar-refractivity contribution in [2.24, 2.45) is 0 Å². The summed E-state index contributed by atoms with van der Waals surface area (Å²) >= 11 is 1.38. The van der Waals surface area contributed by atoms with E-state index in [9.17, 15) is 9.59 Å². The van der Waals surface area contributed by atoms with Gasteiger partial charge in [0.15, 0.2) is 0 Å². The van der Waals surface area contributed by atoms with E-state index in [-0.39, 0.29) is 11.5 Å². The summed E-state index contributed by atoms with van der Waals surface area (Å²) in [5, 5.41) is 12.4. The van der Waals surface area contributed by atoms with E-state index in [4.69, 9.17) is 5.11 Å². The molecule has 2 rings (SSSR count). The molecule has 0 saturated carbocycles. The average molecular weight is 302 g/mol. The van der Waals surface area contributed by atoms with Crippen molar-refractivity contribution in [3.8, 4) is 0 Å². The molecule has 1 aromatic carbocycles. The molecule has 0 aliphatic rings. The van der Waals surface area contributed by atoms with Gasteiger partial charge in [-0.25, -0.2) is 9.78 Å². The number of hydrogen-bond donors (Lipinski definition) is 2. The maximum atomic E-state index is 12.2. The van der Waals surface area contributed by atoms with E-state index < -0.39 is 5.97 Å². The SMILES string of the molecule is CSc1ncccc1C(=O)Nc1ccc(C)c(C(=O)O)c1. The summed E-state index contributed by atoms with van der Waals surface area (Å²) in [4.78, 5) is 27.5. The fraction of sp³-hybridized carbons (Fsp3) is 0.133. The standard InChI is InChI=1S/C15H14N2O3S/c1-9-5-6-10(8-12(9)15(19)20)17-13(18)11-4-3-7-16-14(11)21-2/h3-8H,1-2H3,(H,17,18)(H,19,20). The van der Waals surface area contributed by atoms with Gasteiger partial charge in [0.2, 0.25) is 0 Å². The highest BCUT2D eigenvalue weighted by Gasteiger charge is 2.13. The Morgan fingerprint density at radius 1 is 1.24 bits per heavy atom. The molecule has 0 bridgehead atoms. The predicted molar refractivity (Wildman–Crippen MR) is 82.1 cm³/mol. The molecular formula is C15H14N2O3S. The number of anilines is 1. The molecule has 2 aromatic rings. The van der Waals surface area contributed by atoms with Gasteiger partial charge in [0.25, 0.3) is 5.91 Å². The number of carboxylic acid groups (broad SMARTS) is 1. The van der Waals surface area contributed by atoms with E-state index in [1.165, 1.54) is 17.8 Å². The van der Waals surface area contributed by atoms with Gasteiger partial charge in [-0.2, -0.15) is 0 Å². The minimum absolute atomic E-state index is 0.170. The number of hydrogen-bond acceptors (Lipinski definition) is 4. The Kier molecular flexibility index (Phi) is 4.59. The molecule has 6 heteroatoms. The van der Waals surface area contributed by atoms with Gasteiger partial charge >= 0.3 is 5.97 Å². The summed E-state index contributed by atoms with van der Waals surface area (Å²) in [7, 11) is 0. The maximum absolute atomic E-state index is 12.2. The normalized spacial score (nSPS) is 10.2. The van der Waals surface area contributed by atoms with Gasteiger partial charge in [0.1, 0.15) is 5.03 Å². The fourth-order valence-corrected chi connectivity index (χ4v) is 2.40. The molecule has 0 aliphatic carbocycles. The molecule has 1 amide bonds. The van der Waals surface area contributed by atoms with Crippen LogP contribution in [0.4, 0.5) is 5.69 Å². The van der Waals surface area contributed by atoms with Crippen LogP contribution in [0.1, 0.15) is 26.3 Å². The summed E-state index contributed by atoms with van der Waals surface area (Å²) in [5.74, 6) is -1.33. The third kappa shape index (κ3) is 3.41. The zero-order valence-corrected chi connectivity index (χ0v) is 12.4. The van der Waals surface area contributed by atoms with E-state index in [2.05, 4.69) is 10.3 Å². The van der Waals surface area contributed by atoms with E-state index in [0.717, 1.165) is 0 Å². The van der Waals surface area contributed by atoms with Crippen LogP contribution in [0.3, 0.4) is 0 Å². The van der Waals surface area contributed by atoms with Crippen molar-refractivity contribution in [3.63, 3.8) is 0 Å². The number of aromatic nitrogens is 1. The number of nitrogens with one attached hydrogen (secondary N) is 1. The number of aryl methyl sites for hydroxylation is 1. The second-order valence-corrected chi connectivity index (χ2v) is 5.14. The van der Waals surface area contributed by atoms with E-state index in [1.54, 1.807) is 37.4 Å². The van der Waals surface area contributed by atoms with Crippen molar-refractivity contribution in [3.05, 3.63) is 53.2 Å². The number of pyridine rings is 1. The zero-order valence-electron chi connectivity index (χ0n) is 11.6. The second kappa shape index (κ2) is 6.41. The summed E-state index contributed by atoms with van der Waals surface area (Å²) < 4.78 is 0. The maximum Gasteiger partial charge on any atom is 0.336 e. The molecule has 2 N–H and O–H groups in total. The lowest BCUT2D eigenvalue weighted by atomic mass is 10.1. The number of carbonyl (C=O) groups is 2. The van der Waals surface area contributed by atoms with Crippen LogP contribution in [0, 0.1) is 6.92 Å². The first-order valence-electron chi connectivity index (χ1n) is 6.17. The number of aromatic carboxylic acids is 1. The molecule has 0 atom stereocenters. The molecule has 0 radical (unpaired) electrons. The third-order valence-corrected chi connectivity index (χ3v) is 3.65. The zero-order chi connectivity index (χ0) is 15.4. The van der Waals surface area contributed by atoms with Gasteiger partial charge in [0.05, 0.1) is 11.1 Å². The minimum atomic E-state index is -1.02. The Morgan fingerprint density at radius 3 is 2.67 bits per heavy atom. The molecule has 1 aromatic heterocycles. The van der Waals surface area contributed by atoms with Crippen molar-refractivity contribution in [1.29, 1.82) is 0 Å². The third-order valence-electron chi connectivity index (χ3n) is 2.93. The molecule has 21 heavy (non-hydrogen) atoms.